The van der Waals surface area contributed by atoms with E-state index in [0.717, 1.165) is 5.56 Å². The molecule has 1 N–H and O–H groups in total. The second-order valence-electron chi connectivity index (χ2n) is 8.53. The van der Waals surface area contributed by atoms with Gasteiger partial charge < -0.3 is 19.2 Å². The number of amides is 1. The molecule has 3 aromatic rings. The predicted molar refractivity (Wildman–Crippen MR) is 127 cm³/mol. The first-order valence-corrected chi connectivity index (χ1v) is 11.0. The van der Waals surface area contributed by atoms with E-state index in [1.165, 1.54) is 12.1 Å². The van der Waals surface area contributed by atoms with Crippen LogP contribution < -0.4 is 15.7 Å². The van der Waals surface area contributed by atoms with Crippen LogP contribution in [0.2, 0.25) is 5.02 Å². The molecule has 0 aliphatic carbocycles. The predicted octanol–water partition coefficient (Wildman–Crippen LogP) is 5.71. The lowest BCUT2D eigenvalue weighted by atomic mass is 10.0. The summed E-state index contributed by atoms with van der Waals surface area (Å²) in [6.07, 6.45) is 0.244. The van der Waals surface area contributed by atoms with Crippen LogP contribution in [0.15, 0.2) is 57.7 Å². The number of nitrogens with one attached hydrogen (secondary N) is 1. The van der Waals surface area contributed by atoms with Crippen molar-refractivity contribution in [1.82, 2.24) is 5.32 Å². The minimum Gasteiger partial charge on any atom is -0.444 e. The summed E-state index contributed by atoms with van der Waals surface area (Å²) in [6.45, 7) is 7.06. The molecule has 0 bridgehead atoms. The van der Waals surface area contributed by atoms with Crippen LogP contribution in [0.5, 0.6) is 5.75 Å². The summed E-state index contributed by atoms with van der Waals surface area (Å²) in [5.74, 6) is -0.680. The van der Waals surface area contributed by atoms with Gasteiger partial charge in [-0.2, -0.15) is 0 Å². The Morgan fingerprint density at radius 2 is 1.82 bits per heavy atom. The molecule has 33 heavy (non-hydrogen) atoms. The van der Waals surface area contributed by atoms with Crippen molar-refractivity contribution in [3.8, 4) is 16.9 Å². The molecular weight excluding hydrogens is 446 g/mol. The molecule has 0 fully saturated rings. The van der Waals surface area contributed by atoms with E-state index < -0.39 is 29.3 Å². The van der Waals surface area contributed by atoms with Gasteiger partial charge in [-0.05, 0) is 44.4 Å². The molecule has 2 aromatic carbocycles. The van der Waals surface area contributed by atoms with Crippen molar-refractivity contribution in [2.24, 2.45) is 0 Å². The zero-order valence-electron chi connectivity index (χ0n) is 18.9. The molecule has 0 saturated carbocycles. The Morgan fingerprint density at radius 1 is 1.12 bits per heavy atom. The standard InChI is InChI=1S/C25H26ClNO6/c1-5-9-19(27-24(30)33-25(2,3)4)23(29)32-21-14-20-17(12-18(21)26)16(13-22(28)31-20)15-10-7-6-8-11-15/h6-8,10-14,19H,5,9H2,1-4H3,(H,27,30)/t19-/m1/s1. The quantitative estimate of drug-likeness (QED) is 0.281. The number of alkyl carbamates (subject to hydrolysis) is 1. The lowest BCUT2D eigenvalue weighted by Gasteiger charge is -2.22. The molecule has 0 saturated heterocycles. The topological polar surface area (TPSA) is 94.8 Å². The average Bonchev–Trinajstić information content (AvgIpc) is 2.73. The van der Waals surface area contributed by atoms with Gasteiger partial charge in [-0.25, -0.2) is 14.4 Å². The molecule has 1 heterocycles. The van der Waals surface area contributed by atoms with Crippen molar-refractivity contribution in [1.29, 1.82) is 0 Å². The number of halogens is 1. The van der Waals surface area contributed by atoms with Crippen molar-refractivity contribution in [3.05, 3.63) is 64.0 Å². The Kier molecular flexibility index (Phi) is 7.43. The highest BCUT2D eigenvalue weighted by molar-refractivity contribution is 6.33. The van der Waals surface area contributed by atoms with E-state index in [1.807, 2.05) is 37.3 Å². The van der Waals surface area contributed by atoms with E-state index in [4.69, 9.17) is 25.5 Å². The lowest BCUT2D eigenvalue weighted by Crippen LogP contribution is -2.45. The van der Waals surface area contributed by atoms with Crippen LogP contribution in [0.25, 0.3) is 22.1 Å². The maximum Gasteiger partial charge on any atom is 0.408 e. The Hall–Kier alpha value is -3.32. The van der Waals surface area contributed by atoms with Gasteiger partial charge in [-0.15, -0.1) is 0 Å². The van der Waals surface area contributed by atoms with Crippen molar-refractivity contribution in [3.63, 3.8) is 0 Å². The summed E-state index contributed by atoms with van der Waals surface area (Å²) in [6, 6.07) is 12.8. The molecule has 3 rings (SSSR count). The highest BCUT2D eigenvalue weighted by atomic mass is 35.5. The lowest BCUT2D eigenvalue weighted by molar-refractivity contribution is -0.137. The summed E-state index contributed by atoms with van der Waals surface area (Å²) in [5, 5.41) is 3.30. The first kappa shape index (κ1) is 24.3. The minimum atomic E-state index is -0.931. The zero-order valence-corrected chi connectivity index (χ0v) is 19.7. The SMILES string of the molecule is CCC[C@@H](NC(=O)OC(C)(C)C)C(=O)Oc1cc2oc(=O)cc(-c3ccccc3)c2cc1Cl. The summed E-state index contributed by atoms with van der Waals surface area (Å²) < 4.78 is 16.0. The maximum atomic E-state index is 12.8. The van der Waals surface area contributed by atoms with Gasteiger partial charge in [-0.1, -0.05) is 55.3 Å². The Morgan fingerprint density at radius 3 is 2.45 bits per heavy atom. The third kappa shape index (κ3) is 6.35. The number of hydrogen-bond donors (Lipinski definition) is 1. The monoisotopic (exact) mass is 471 g/mol. The molecular formula is C25H26ClNO6. The Labute approximate surface area is 196 Å². The number of benzene rings is 2. The molecule has 0 spiro atoms. The van der Waals surface area contributed by atoms with Gasteiger partial charge in [0.2, 0.25) is 0 Å². The van der Waals surface area contributed by atoms with Gasteiger partial charge in [-0.3, -0.25) is 0 Å². The highest BCUT2D eigenvalue weighted by Crippen LogP contribution is 2.35. The number of hydrogen-bond acceptors (Lipinski definition) is 6. The molecule has 8 heteroatoms. The van der Waals surface area contributed by atoms with E-state index in [-0.39, 0.29) is 16.4 Å². The molecule has 0 radical (unpaired) electrons. The second-order valence-corrected chi connectivity index (χ2v) is 8.94. The first-order valence-electron chi connectivity index (χ1n) is 10.6. The number of carbonyl (C=O) groups is 2. The number of fused-ring (bicyclic) bond motifs is 1. The fraction of sp³-hybridized carbons (Fsp3) is 0.320. The minimum absolute atomic E-state index is 0.0228. The molecule has 0 aliphatic rings. The Balaban J connectivity index is 1.90. The molecule has 174 valence electrons. The fourth-order valence-corrected chi connectivity index (χ4v) is 3.47. The molecule has 7 nitrogen and oxygen atoms in total. The third-order valence-corrected chi connectivity index (χ3v) is 4.94. The van der Waals surface area contributed by atoms with Gasteiger partial charge >= 0.3 is 17.7 Å². The van der Waals surface area contributed by atoms with E-state index >= 15 is 0 Å². The number of rotatable bonds is 6. The first-order chi connectivity index (χ1) is 15.6. The molecule has 0 aliphatic heterocycles. The zero-order chi connectivity index (χ0) is 24.2. The van der Waals surface area contributed by atoms with Gasteiger partial charge in [0.25, 0.3) is 0 Å². The van der Waals surface area contributed by atoms with Crippen LogP contribution in [0.3, 0.4) is 0 Å². The second kappa shape index (κ2) is 10.1. The molecule has 1 aromatic heterocycles. The summed E-state index contributed by atoms with van der Waals surface area (Å²) in [4.78, 5) is 37.1. The van der Waals surface area contributed by atoms with Crippen LogP contribution in [0.1, 0.15) is 40.5 Å². The fourth-order valence-electron chi connectivity index (χ4n) is 3.26. The van der Waals surface area contributed by atoms with Crippen LogP contribution in [-0.4, -0.2) is 23.7 Å². The van der Waals surface area contributed by atoms with Gasteiger partial charge in [0.05, 0.1) is 5.02 Å². The Bertz CT molecular complexity index is 1210. The molecule has 1 atom stereocenters. The normalized spacial score (nSPS) is 12.3. The van der Waals surface area contributed by atoms with Crippen LogP contribution in [-0.2, 0) is 9.53 Å². The number of carbonyl (C=O) groups excluding carboxylic acids is 2. The van der Waals surface area contributed by atoms with Crippen LogP contribution in [0.4, 0.5) is 4.79 Å². The van der Waals surface area contributed by atoms with Gasteiger partial charge in [0, 0.05) is 17.5 Å². The van der Waals surface area contributed by atoms with E-state index in [1.54, 1.807) is 26.8 Å². The third-order valence-electron chi connectivity index (χ3n) is 4.65. The molecule has 0 unspecified atom stereocenters. The molecule has 1 amide bonds. The highest BCUT2D eigenvalue weighted by Gasteiger charge is 2.26. The number of ether oxygens (including phenoxy) is 2. The van der Waals surface area contributed by atoms with Crippen molar-refractivity contribution in [2.45, 2.75) is 52.2 Å². The summed E-state index contributed by atoms with van der Waals surface area (Å²) >= 11 is 6.41. The van der Waals surface area contributed by atoms with E-state index in [0.29, 0.717) is 23.8 Å². The van der Waals surface area contributed by atoms with E-state index in [9.17, 15) is 14.4 Å². The smallest absolute Gasteiger partial charge is 0.408 e. The number of esters is 1. The van der Waals surface area contributed by atoms with Gasteiger partial charge in [0.1, 0.15) is 17.2 Å². The maximum absolute atomic E-state index is 12.8. The van der Waals surface area contributed by atoms with Crippen LogP contribution in [0, 0.1) is 0 Å². The summed E-state index contributed by atoms with van der Waals surface area (Å²) in [7, 11) is 0. The summed E-state index contributed by atoms with van der Waals surface area (Å²) in [5.41, 5.74) is 0.440. The van der Waals surface area contributed by atoms with Gasteiger partial charge in [0.15, 0.2) is 5.75 Å². The van der Waals surface area contributed by atoms with Crippen molar-refractivity contribution in [2.75, 3.05) is 0 Å². The van der Waals surface area contributed by atoms with Crippen LogP contribution >= 0.6 is 11.6 Å². The van der Waals surface area contributed by atoms with Crippen molar-refractivity contribution < 1.29 is 23.5 Å². The van der Waals surface area contributed by atoms with E-state index in [2.05, 4.69) is 5.32 Å². The average molecular weight is 472 g/mol. The van der Waals surface area contributed by atoms with Crippen molar-refractivity contribution >= 4 is 34.6 Å². The largest absolute Gasteiger partial charge is 0.444 e.